The van der Waals surface area contributed by atoms with Gasteiger partial charge in [0, 0.05) is 19.1 Å². The highest BCUT2D eigenvalue weighted by Gasteiger charge is 2.24. The number of para-hydroxylation sites is 1. The second-order valence-corrected chi connectivity index (χ2v) is 6.93. The largest absolute Gasteiger partial charge is 0.493 e. The fraction of sp³-hybridized carbons (Fsp3) is 0.333. The third kappa shape index (κ3) is 5.47. The normalized spacial score (nSPS) is 14.6. The van der Waals surface area contributed by atoms with Crippen LogP contribution in [0.15, 0.2) is 54.6 Å². The van der Waals surface area contributed by atoms with Gasteiger partial charge in [0.05, 0.1) is 23.6 Å². The number of amides is 2. The summed E-state index contributed by atoms with van der Waals surface area (Å²) in [6.07, 6.45) is 1.83. The lowest BCUT2D eigenvalue weighted by molar-refractivity contribution is -0.132. The van der Waals surface area contributed by atoms with Crippen LogP contribution in [0.1, 0.15) is 29.6 Å². The van der Waals surface area contributed by atoms with E-state index in [4.69, 9.17) is 16.3 Å². The van der Waals surface area contributed by atoms with Crippen molar-refractivity contribution in [1.82, 2.24) is 10.2 Å². The minimum absolute atomic E-state index is 0.0541. The van der Waals surface area contributed by atoms with Crippen molar-refractivity contribution < 1.29 is 14.3 Å². The SMILES string of the molecule is O=C(NC1CCN(C(=O)CCOc2ccccc2)CC1)c1ccccc1Cl. The Bertz CT molecular complexity index is 774. The minimum Gasteiger partial charge on any atom is -0.493 e. The van der Waals surface area contributed by atoms with E-state index in [1.165, 1.54) is 0 Å². The van der Waals surface area contributed by atoms with Crippen LogP contribution in [0.5, 0.6) is 5.75 Å². The van der Waals surface area contributed by atoms with Gasteiger partial charge in [-0.15, -0.1) is 0 Å². The molecule has 0 unspecified atom stereocenters. The van der Waals surface area contributed by atoms with Gasteiger partial charge >= 0.3 is 0 Å². The number of carbonyl (C=O) groups excluding carboxylic acids is 2. The first-order chi connectivity index (χ1) is 13.1. The van der Waals surface area contributed by atoms with Crippen molar-refractivity contribution in [3.05, 3.63) is 65.2 Å². The summed E-state index contributed by atoms with van der Waals surface area (Å²) < 4.78 is 5.58. The molecule has 1 aliphatic rings. The zero-order valence-electron chi connectivity index (χ0n) is 15.1. The van der Waals surface area contributed by atoms with E-state index in [-0.39, 0.29) is 17.9 Å². The summed E-state index contributed by atoms with van der Waals surface area (Å²) in [5, 5.41) is 3.46. The van der Waals surface area contributed by atoms with Crippen LogP contribution in [-0.2, 0) is 4.79 Å². The van der Waals surface area contributed by atoms with Gasteiger partial charge in [0.25, 0.3) is 5.91 Å². The van der Waals surface area contributed by atoms with Crippen molar-refractivity contribution in [2.24, 2.45) is 0 Å². The molecule has 1 saturated heterocycles. The summed E-state index contributed by atoms with van der Waals surface area (Å²) in [5.74, 6) is 0.690. The van der Waals surface area contributed by atoms with Crippen LogP contribution < -0.4 is 10.1 Å². The number of rotatable bonds is 6. The van der Waals surface area contributed by atoms with E-state index < -0.39 is 0 Å². The van der Waals surface area contributed by atoms with Gasteiger partial charge in [-0.25, -0.2) is 0 Å². The van der Waals surface area contributed by atoms with Gasteiger partial charge in [0.2, 0.25) is 5.91 Å². The van der Waals surface area contributed by atoms with E-state index in [0.29, 0.717) is 36.7 Å². The van der Waals surface area contributed by atoms with Gasteiger partial charge in [-0.2, -0.15) is 0 Å². The average molecular weight is 387 g/mol. The van der Waals surface area contributed by atoms with Crippen molar-refractivity contribution in [2.75, 3.05) is 19.7 Å². The Kier molecular flexibility index (Phi) is 6.71. The first-order valence-corrected chi connectivity index (χ1v) is 9.52. The lowest BCUT2D eigenvalue weighted by Crippen LogP contribution is -2.46. The number of carbonyl (C=O) groups is 2. The van der Waals surface area contributed by atoms with E-state index in [9.17, 15) is 9.59 Å². The number of likely N-dealkylation sites (tertiary alicyclic amines) is 1. The number of nitrogens with one attached hydrogen (secondary N) is 1. The molecule has 1 heterocycles. The third-order valence-electron chi connectivity index (χ3n) is 4.63. The maximum atomic E-state index is 12.3. The zero-order chi connectivity index (χ0) is 19.1. The molecule has 1 N–H and O–H groups in total. The fourth-order valence-corrected chi connectivity index (χ4v) is 3.33. The number of halogens is 1. The average Bonchev–Trinajstić information content (AvgIpc) is 2.69. The monoisotopic (exact) mass is 386 g/mol. The zero-order valence-corrected chi connectivity index (χ0v) is 15.8. The van der Waals surface area contributed by atoms with Crippen molar-refractivity contribution in [2.45, 2.75) is 25.3 Å². The molecular formula is C21H23ClN2O3. The molecule has 0 spiro atoms. The molecule has 1 fully saturated rings. The first kappa shape index (κ1) is 19.2. The second kappa shape index (κ2) is 9.42. The van der Waals surface area contributed by atoms with Crippen LogP contribution in [0.4, 0.5) is 0 Å². The maximum absolute atomic E-state index is 12.3. The molecule has 0 aliphatic carbocycles. The van der Waals surface area contributed by atoms with Gasteiger partial charge in [0.1, 0.15) is 5.75 Å². The molecule has 0 saturated carbocycles. The Morgan fingerprint density at radius 1 is 1.04 bits per heavy atom. The molecule has 0 bridgehead atoms. The van der Waals surface area contributed by atoms with Crippen molar-refractivity contribution in [3.8, 4) is 5.75 Å². The Morgan fingerprint density at radius 3 is 2.41 bits per heavy atom. The number of ether oxygens (including phenoxy) is 1. The first-order valence-electron chi connectivity index (χ1n) is 9.14. The van der Waals surface area contributed by atoms with Gasteiger partial charge in [-0.1, -0.05) is 41.9 Å². The molecule has 5 nitrogen and oxygen atoms in total. The van der Waals surface area contributed by atoms with Crippen LogP contribution in [0.25, 0.3) is 0 Å². The van der Waals surface area contributed by atoms with Crippen molar-refractivity contribution in [3.63, 3.8) is 0 Å². The molecule has 142 valence electrons. The van der Waals surface area contributed by atoms with Crippen LogP contribution >= 0.6 is 11.6 Å². The quantitative estimate of drug-likeness (QED) is 0.826. The Hall–Kier alpha value is -2.53. The summed E-state index contributed by atoms with van der Waals surface area (Å²) in [7, 11) is 0. The lowest BCUT2D eigenvalue weighted by Gasteiger charge is -2.32. The number of benzene rings is 2. The van der Waals surface area contributed by atoms with Crippen LogP contribution in [-0.4, -0.2) is 42.5 Å². The Balaban J connectivity index is 1.40. The number of nitrogens with zero attached hydrogens (tertiary/aromatic N) is 1. The molecule has 0 aromatic heterocycles. The maximum Gasteiger partial charge on any atom is 0.253 e. The van der Waals surface area contributed by atoms with E-state index in [1.807, 2.05) is 35.2 Å². The summed E-state index contributed by atoms with van der Waals surface area (Å²) in [4.78, 5) is 26.5. The predicted octanol–water partition coefficient (Wildman–Crippen LogP) is 3.53. The second-order valence-electron chi connectivity index (χ2n) is 6.52. The van der Waals surface area contributed by atoms with E-state index in [2.05, 4.69) is 5.32 Å². The van der Waals surface area contributed by atoms with Crippen LogP contribution in [0.3, 0.4) is 0 Å². The summed E-state index contributed by atoms with van der Waals surface area (Å²) >= 11 is 6.07. The summed E-state index contributed by atoms with van der Waals surface area (Å²) in [5.41, 5.74) is 0.482. The van der Waals surface area contributed by atoms with Gasteiger partial charge in [-0.3, -0.25) is 9.59 Å². The molecule has 2 amide bonds. The number of hydrogen-bond acceptors (Lipinski definition) is 3. The standard InChI is InChI=1S/C21H23ClN2O3/c22-19-9-5-4-8-18(19)21(26)23-16-10-13-24(14-11-16)20(25)12-15-27-17-6-2-1-3-7-17/h1-9,16H,10-15H2,(H,23,26). The lowest BCUT2D eigenvalue weighted by atomic mass is 10.0. The van der Waals surface area contributed by atoms with Gasteiger partial charge in [-0.05, 0) is 37.1 Å². The highest BCUT2D eigenvalue weighted by atomic mass is 35.5. The highest BCUT2D eigenvalue weighted by molar-refractivity contribution is 6.33. The molecule has 6 heteroatoms. The fourth-order valence-electron chi connectivity index (χ4n) is 3.11. The smallest absolute Gasteiger partial charge is 0.253 e. The third-order valence-corrected chi connectivity index (χ3v) is 4.96. The Morgan fingerprint density at radius 2 is 1.70 bits per heavy atom. The predicted molar refractivity (Wildman–Crippen MR) is 105 cm³/mol. The van der Waals surface area contributed by atoms with Gasteiger partial charge < -0.3 is 15.0 Å². The molecule has 1 aliphatic heterocycles. The topological polar surface area (TPSA) is 58.6 Å². The summed E-state index contributed by atoms with van der Waals surface area (Å²) in [6, 6.07) is 16.5. The molecular weight excluding hydrogens is 364 g/mol. The minimum atomic E-state index is -0.165. The van der Waals surface area contributed by atoms with E-state index in [1.54, 1.807) is 24.3 Å². The summed E-state index contributed by atoms with van der Waals surface area (Å²) in [6.45, 7) is 1.64. The molecule has 2 aromatic rings. The number of hydrogen-bond donors (Lipinski definition) is 1. The molecule has 27 heavy (non-hydrogen) atoms. The van der Waals surface area contributed by atoms with Crippen LogP contribution in [0.2, 0.25) is 5.02 Å². The van der Waals surface area contributed by atoms with Crippen molar-refractivity contribution >= 4 is 23.4 Å². The Labute approximate surface area is 164 Å². The van der Waals surface area contributed by atoms with Crippen LogP contribution in [0, 0.1) is 0 Å². The highest BCUT2D eigenvalue weighted by Crippen LogP contribution is 2.17. The van der Waals surface area contributed by atoms with E-state index >= 15 is 0 Å². The molecule has 3 rings (SSSR count). The molecule has 2 aromatic carbocycles. The van der Waals surface area contributed by atoms with Gasteiger partial charge in [0.15, 0.2) is 0 Å². The molecule has 0 radical (unpaired) electrons. The van der Waals surface area contributed by atoms with Crippen molar-refractivity contribution in [1.29, 1.82) is 0 Å². The molecule has 0 atom stereocenters. The number of piperidine rings is 1. The van der Waals surface area contributed by atoms with E-state index in [0.717, 1.165) is 18.6 Å².